The van der Waals surface area contributed by atoms with E-state index in [1.807, 2.05) is 0 Å². The Hall–Kier alpha value is -0.0400. The highest BCUT2D eigenvalue weighted by atomic mass is 16.3. The van der Waals surface area contributed by atoms with Crippen LogP contribution < -0.4 is 0 Å². The molecule has 0 heterocycles. The number of aliphatic hydroxyl groups excluding tert-OH is 1. The molecule has 0 aromatic heterocycles. The summed E-state index contributed by atoms with van der Waals surface area (Å²) < 4.78 is 0. The first kappa shape index (κ1) is 12.7. The van der Waals surface area contributed by atoms with Crippen molar-refractivity contribution in [1.29, 1.82) is 0 Å². The number of fused-ring (bicyclic) bond motifs is 5. The van der Waals surface area contributed by atoms with E-state index in [-0.39, 0.29) is 6.10 Å². The van der Waals surface area contributed by atoms with Crippen LogP contribution in [-0.4, -0.2) is 11.2 Å². The molecule has 7 atom stereocenters. The summed E-state index contributed by atoms with van der Waals surface area (Å²) in [6.07, 6.45) is 12.5. The van der Waals surface area contributed by atoms with Crippen LogP contribution >= 0.6 is 0 Å². The molecule has 1 heteroatoms. The van der Waals surface area contributed by atoms with Crippen molar-refractivity contribution in [2.75, 3.05) is 0 Å². The van der Waals surface area contributed by atoms with Crippen LogP contribution in [-0.2, 0) is 0 Å². The Morgan fingerprint density at radius 2 is 1.79 bits per heavy atom. The average Bonchev–Trinajstić information content (AvgIpc) is 2.87. The van der Waals surface area contributed by atoms with Crippen LogP contribution in [0, 0.1) is 34.5 Å². The van der Waals surface area contributed by atoms with Gasteiger partial charge in [-0.3, -0.25) is 0 Å². The minimum Gasteiger partial charge on any atom is -0.393 e. The third-order valence-electron chi connectivity index (χ3n) is 8.08. The molecule has 0 aromatic carbocycles. The summed E-state index contributed by atoms with van der Waals surface area (Å²) in [5.74, 6) is 3.77. The number of hydrogen-bond donors (Lipinski definition) is 1. The van der Waals surface area contributed by atoms with E-state index in [1.54, 1.807) is 0 Å². The molecular weight excluding hydrogens is 232 g/mol. The average molecular weight is 262 g/mol. The molecule has 4 aliphatic rings. The van der Waals surface area contributed by atoms with Crippen molar-refractivity contribution in [3.05, 3.63) is 0 Å². The smallest absolute Gasteiger partial charge is 0.0548 e. The Morgan fingerprint density at radius 3 is 2.63 bits per heavy atom. The van der Waals surface area contributed by atoms with Crippen molar-refractivity contribution in [2.45, 2.75) is 77.7 Å². The second-order valence-corrected chi connectivity index (χ2v) is 8.84. The van der Waals surface area contributed by atoms with Gasteiger partial charge in [-0.25, -0.2) is 0 Å². The summed E-state index contributed by atoms with van der Waals surface area (Å²) in [6, 6.07) is 0. The molecule has 0 aliphatic heterocycles. The number of rotatable bonds is 0. The molecule has 108 valence electrons. The molecule has 0 amide bonds. The van der Waals surface area contributed by atoms with Gasteiger partial charge in [0.1, 0.15) is 0 Å². The lowest BCUT2D eigenvalue weighted by Crippen LogP contribution is -2.49. The largest absolute Gasteiger partial charge is 0.393 e. The summed E-state index contributed by atoms with van der Waals surface area (Å²) >= 11 is 0. The van der Waals surface area contributed by atoms with E-state index >= 15 is 0 Å². The zero-order chi connectivity index (χ0) is 13.3. The Bertz CT molecular complexity index is 378. The van der Waals surface area contributed by atoms with Crippen molar-refractivity contribution < 1.29 is 5.11 Å². The van der Waals surface area contributed by atoms with Gasteiger partial charge in [-0.05, 0) is 85.9 Å². The van der Waals surface area contributed by atoms with Gasteiger partial charge in [0.25, 0.3) is 0 Å². The van der Waals surface area contributed by atoms with Crippen molar-refractivity contribution in [1.82, 2.24) is 0 Å². The predicted octanol–water partition coefficient (Wildman–Crippen LogP) is 4.39. The highest BCUT2D eigenvalue weighted by Crippen LogP contribution is 2.66. The molecular formula is C18H30O. The molecule has 4 rings (SSSR count). The molecule has 0 saturated heterocycles. The maximum Gasteiger partial charge on any atom is 0.0548 e. The third kappa shape index (κ3) is 1.63. The first-order valence-corrected chi connectivity index (χ1v) is 8.71. The van der Waals surface area contributed by atoms with Crippen molar-refractivity contribution >= 4 is 0 Å². The number of aliphatic hydroxyl groups is 1. The fourth-order valence-electron chi connectivity index (χ4n) is 7.15. The Balaban J connectivity index is 1.65. The fraction of sp³-hybridized carbons (Fsp3) is 1.00. The van der Waals surface area contributed by atoms with E-state index in [9.17, 15) is 5.11 Å². The molecule has 1 nitrogen and oxygen atoms in total. The van der Waals surface area contributed by atoms with E-state index in [0.29, 0.717) is 10.8 Å². The van der Waals surface area contributed by atoms with Gasteiger partial charge in [-0.1, -0.05) is 20.3 Å². The molecule has 0 bridgehead atoms. The predicted molar refractivity (Wildman–Crippen MR) is 77.7 cm³/mol. The molecule has 0 spiro atoms. The van der Waals surface area contributed by atoms with Crippen LogP contribution in [0.25, 0.3) is 0 Å². The van der Waals surface area contributed by atoms with Crippen LogP contribution in [0.2, 0.25) is 0 Å². The highest BCUT2D eigenvalue weighted by Gasteiger charge is 2.59. The van der Waals surface area contributed by atoms with Gasteiger partial charge >= 0.3 is 0 Å². The monoisotopic (exact) mass is 262 g/mol. The molecule has 0 aromatic rings. The van der Waals surface area contributed by atoms with Crippen LogP contribution in [0.1, 0.15) is 71.6 Å². The van der Waals surface area contributed by atoms with Crippen LogP contribution in [0.15, 0.2) is 0 Å². The first-order chi connectivity index (χ1) is 9.03. The Labute approximate surface area is 118 Å². The van der Waals surface area contributed by atoms with E-state index in [4.69, 9.17) is 0 Å². The fourth-order valence-corrected chi connectivity index (χ4v) is 7.15. The van der Waals surface area contributed by atoms with E-state index in [0.717, 1.165) is 36.5 Å². The lowest BCUT2D eigenvalue weighted by molar-refractivity contribution is -0.0756. The molecule has 1 N–H and O–H groups in total. The summed E-state index contributed by atoms with van der Waals surface area (Å²) in [5.41, 5.74) is 1.16. The zero-order valence-corrected chi connectivity index (χ0v) is 12.7. The second-order valence-electron chi connectivity index (χ2n) is 8.84. The summed E-state index contributed by atoms with van der Waals surface area (Å²) in [5, 5.41) is 10.2. The first-order valence-electron chi connectivity index (χ1n) is 8.71. The SMILES string of the molecule is CC12CCCC1C1CCC3C[C@@H](O)C[C@@]3(C)C1CC2. The summed E-state index contributed by atoms with van der Waals surface area (Å²) in [6.45, 7) is 5.11. The minimum absolute atomic E-state index is 0.00522. The van der Waals surface area contributed by atoms with E-state index in [2.05, 4.69) is 13.8 Å². The van der Waals surface area contributed by atoms with Gasteiger partial charge in [0, 0.05) is 0 Å². The van der Waals surface area contributed by atoms with Crippen molar-refractivity contribution in [3.8, 4) is 0 Å². The maximum atomic E-state index is 10.2. The summed E-state index contributed by atoms with van der Waals surface area (Å²) in [4.78, 5) is 0. The van der Waals surface area contributed by atoms with Crippen molar-refractivity contribution in [3.63, 3.8) is 0 Å². The van der Waals surface area contributed by atoms with E-state index in [1.165, 1.54) is 44.9 Å². The molecule has 4 saturated carbocycles. The lowest BCUT2D eigenvalue weighted by Gasteiger charge is -2.56. The molecule has 4 fully saturated rings. The molecule has 19 heavy (non-hydrogen) atoms. The van der Waals surface area contributed by atoms with Gasteiger partial charge in [0.05, 0.1) is 6.10 Å². The van der Waals surface area contributed by atoms with Gasteiger partial charge in [0.2, 0.25) is 0 Å². The van der Waals surface area contributed by atoms with Gasteiger partial charge in [-0.2, -0.15) is 0 Å². The second kappa shape index (κ2) is 4.00. The number of hydrogen-bond acceptors (Lipinski definition) is 1. The van der Waals surface area contributed by atoms with Gasteiger partial charge in [-0.15, -0.1) is 0 Å². The quantitative estimate of drug-likeness (QED) is 0.686. The maximum absolute atomic E-state index is 10.2. The standard InChI is InChI=1S/C18H30O/c1-17-8-3-4-15(17)14-6-5-12-10-13(19)11-18(12,2)16(14)7-9-17/h12-16,19H,3-11H2,1-2H3/t12?,13-,14?,15?,16?,17?,18-/m1/s1. The molecule has 5 unspecified atom stereocenters. The Kier molecular flexibility index (Phi) is 2.67. The van der Waals surface area contributed by atoms with Crippen LogP contribution in [0.4, 0.5) is 0 Å². The topological polar surface area (TPSA) is 20.2 Å². The van der Waals surface area contributed by atoms with E-state index < -0.39 is 0 Å². The normalized spacial score (nSPS) is 60.5. The minimum atomic E-state index is 0.00522. The van der Waals surface area contributed by atoms with Gasteiger partial charge in [0.15, 0.2) is 0 Å². The third-order valence-corrected chi connectivity index (χ3v) is 8.08. The van der Waals surface area contributed by atoms with Crippen molar-refractivity contribution in [2.24, 2.45) is 34.5 Å². The molecule has 4 aliphatic carbocycles. The zero-order valence-electron chi connectivity index (χ0n) is 12.7. The lowest BCUT2D eigenvalue weighted by atomic mass is 9.48. The summed E-state index contributed by atoms with van der Waals surface area (Å²) in [7, 11) is 0. The Morgan fingerprint density at radius 1 is 0.947 bits per heavy atom. The van der Waals surface area contributed by atoms with Crippen LogP contribution in [0.5, 0.6) is 0 Å². The molecule has 0 radical (unpaired) electrons. The van der Waals surface area contributed by atoms with Crippen LogP contribution in [0.3, 0.4) is 0 Å². The highest BCUT2D eigenvalue weighted by molar-refractivity contribution is 5.08. The van der Waals surface area contributed by atoms with Gasteiger partial charge < -0.3 is 5.11 Å².